The van der Waals surface area contributed by atoms with Crippen molar-refractivity contribution in [3.05, 3.63) is 58.7 Å². The van der Waals surface area contributed by atoms with Crippen molar-refractivity contribution in [2.24, 2.45) is 0 Å². The van der Waals surface area contributed by atoms with Crippen LogP contribution in [-0.4, -0.2) is 75.2 Å². The second-order valence-corrected chi connectivity index (χ2v) is 11.4. The van der Waals surface area contributed by atoms with E-state index in [1.807, 2.05) is 36.4 Å². The molecule has 0 bridgehead atoms. The van der Waals surface area contributed by atoms with Crippen LogP contribution in [0.5, 0.6) is 11.5 Å². The first-order valence-corrected chi connectivity index (χ1v) is 14.9. The molecule has 1 unspecified atom stereocenters. The predicted molar refractivity (Wildman–Crippen MR) is 156 cm³/mol. The first-order valence-electron chi connectivity index (χ1n) is 14.9. The van der Waals surface area contributed by atoms with Gasteiger partial charge in [0.2, 0.25) is 11.9 Å². The summed E-state index contributed by atoms with van der Waals surface area (Å²) in [5.74, 6) is -2.87. The molecule has 2 aromatic rings. The third-order valence-electron chi connectivity index (χ3n) is 7.90. The Bertz CT molecular complexity index is 1450. The third kappa shape index (κ3) is 7.23. The van der Waals surface area contributed by atoms with Gasteiger partial charge in [0.1, 0.15) is 25.9 Å². The number of esters is 4. The van der Waals surface area contributed by atoms with E-state index in [0.29, 0.717) is 42.6 Å². The smallest absolute Gasteiger partial charge is 0.303 e. The molecule has 1 saturated carbocycles. The molecular weight excluding hydrogens is 588 g/mol. The van der Waals surface area contributed by atoms with Crippen LogP contribution in [0.4, 0.5) is 0 Å². The van der Waals surface area contributed by atoms with Crippen LogP contribution in [0.2, 0.25) is 0 Å². The van der Waals surface area contributed by atoms with Crippen molar-refractivity contribution in [2.45, 2.75) is 83.1 Å². The molecule has 3 aliphatic rings. The van der Waals surface area contributed by atoms with E-state index >= 15 is 0 Å². The highest BCUT2D eigenvalue weighted by molar-refractivity contribution is 5.69. The molecule has 2 fully saturated rings. The second kappa shape index (κ2) is 13.5. The van der Waals surface area contributed by atoms with Crippen molar-refractivity contribution in [1.29, 1.82) is 0 Å². The Hall–Kier alpha value is -4.16. The summed E-state index contributed by atoms with van der Waals surface area (Å²) in [6, 6.07) is 11.6. The number of benzene rings is 2. The summed E-state index contributed by atoms with van der Waals surface area (Å²) in [5, 5.41) is 0. The van der Waals surface area contributed by atoms with Crippen LogP contribution in [-0.2, 0) is 59.8 Å². The molecule has 45 heavy (non-hydrogen) atoms. The maximum Gasteiger partial charge on any atom is 0.303 e. The zero-order valence-corrected chi connectivity index (χ0v) is 26.0. The molecular formula is C33H38O12. The molecule has 1 saturated heterocycles. The molecule has 12 nitrogen and oxygen atoms in total. The van der Waals surface area contributed by atoms with E-state index in [-0.39, 0.29) is 6.61 Å². The quantitative estimate of drug-likeness (QED) is 0.281. The van der Waals surface area contributed by atoms with Gasteiger partial charge in [-0.15, -0.1) is 0 Å². The SMILES string of the molecule is COC1(c2ccc(C3CC3)c(Cc3ccc4c(c3)OCCO4)c2)O[C@H](COC(C)=O)[C@H](OC(C)=O)[C@H](OC(C)=O)[C@H]1OC(C)=O. The molecule has 2 aliphatic heterocycles. The Morgan fingerprint density at radius 1 is 0.800 bits per heavy atom. The molecule has 5 atom stereocenters. The van der Waals surface area contributed by atoms with Gasteiger partial charge in [0.25, 0.3) is 0 Å². The summed E-state index contributed by atoms with van der Waals surface area (Å²) in [4.78, 5) is 48.9. The van der Waals surface area contributed by atoms with Crippen LogP contribution in [0, 0.1) is 0 Å². The van der Waals surface area contributed by atoms with E-state index in [9.17, 15) is 19.2 Å². The van der Waals surface area contributed by atoms with Crippen molar-refractivity contribution < 1.29 is 57.1 Å². The normalized spacial score (nSPS) is 25.5. The molecule has 242 valence electrons. The van der Waals surface area contributed by atoms with Crippen LogP contribution in [0.25, 0.3) is 0 Å². The standard InChI is InChI=1S/C33H38O12/c1-18(34)41-17-29-30(42-19(2)35)31(43-20(3)36)32(44-21(4)37)33(38-5,45-29)25-9-10-26(23-7-8-23)24(16-25)14-22-6-11-27-28(15-22)40-13-12-39-27/h6,9-11,15-16,23,29-32H,7-8,12-14,17H2,1-5H3/t29-,30+,31+,32-,33?/m1/s1. The van der Waals surface area contributed by atoms with Crippen LogP contribution in [0.3, 0.4) is 0 Å². The molecule has 0 spiro atoms. The average Bonchev–Trinajstić information content (AvgIpc) is 3.83. The summed E-state index contributed by atoms with van der Waals surface area (Å²) >= 11 is 0. The van der Waals surface area contributed by atoms with Crippen molar-refractivity contribution in [3.8, 4) is 11.5 Å². The van der Waals surface area contributed by atoms with E-state index in [1.165, 1.54) is 34.8 Å². The van der Waals surface area contributed by atoms with Crippen molar-refractivity contribution >= 4 is 23.9 Å². The first kappa shape index (κ1) is 32.2. The lowest BCUT2D eigenvalue weighted by Gasteiger charge is -2.50. The highest BCUT2D eigenvalue weighted by Gasteiger charge is 2.61. The Balaban J connectivity index is 1.62. The maximum atomic E-state index is 12.5. The van der Waals surface area contributed by atoms with Gasteiger partial charge >= 0.3 is 23.9 Å². The summed E-state index contributed by atoms with van der Waals surface area (Å²) in [5.41, 5.74) is 3.59. The minimum absolute atomic E-state index is 0.368. The monoisotopic (exact) mass is 626 g/mol. The molecule has 0 aromatic heterocycles. The van der Waals surface area contributed by atoms with Crippen LogP contribution < -0.4 is 9.47 Å². The fraction of sp³-hybridized carbons (Fsp3) is 0.515. The number of methoxy groups -OCH3 is 1. The van der Waals surface area contributed by atoms with E-state index < -0.39 is 54.1 Å². The summed E-state index contributed by atoms with van der Waals surface area (Å²) < 4.78 is 46.3. The Labute approximate surface area is 261 Å². The number of carbonyl (C=O) groups is 4. The van der Waals surface area contributed by atoms with Gasteiger partial charge in [0, 0.05) is 40.4 Å². The molecule has 12 heteroatoms. The van der Waals surface area contributed by atoms with Crippen molar-refractivity contribution in [3.63, 3.8) is 0 Å². The molecule has 0 radical (unpaired) electrons. The Kier molecular flexibility index (Phi) is 9.64. The fourth-order valence-corrected chi connectivity index (χ4v) is 5.97. The van der Waals surface area contributed by atoms with E-state index in [1.54, 1.807) is 0 Å². The molecule has 2 heterocycles. The Morgan fingerprint density at radius 3 is 2.09 bits per heavy atom. The highest BCUT2D eigenvalue weighted by Crippen LogP contribution is 2.47. The largest absolute Gasteiger partial charge is 0.486 e. The third-order valence-corrected chi connectivity index (χ3v) is 7.90. The number of carbonyl (C=O) groups excluding carboxylic acids is 4. The summed E-state index contributed by atoms with van der Waals surface area (Å²) in [6.45, 7) is 5.36. The summed E-state index contributed by atoms with van der Waals surface area (Å²) in [7, 11) is 1.37. The lowest BCUT2D eigenvalue weighted by atomic mass is 9.85. The summed E-state index contributed by atoms with van der Waals surface area (Å²) in [6.07, 6.45) is -2.63. The molecule has 1 aliphatic carbocycles. The van der Waals surface area contributed by atoms with Gasteiger partial charge in [0.05, 0.1) is 0 Å². The first-order chi connectivity index (χ1) is 21.5. The van der Waals surface area contributed by atoms with Gasteiger partial charge in [-0.05, 0) is 60.1 Å². The van der Waals surface area contributed by atoms with Crippen molar-refractivity contribution in [1.82, 2.24) is 0 Å². The number of hydrogen-bond donors (Lipinski definition) is 0. The number of ether oxygens (including phenoxy) is 8. The van der Waals surface area contributed by atoms with Gasteiger partial charge in [-0.25, -0.2) is 0 Å². The van der Waals surface area contributed by atoms with Gasteiger partial charge in [-0.3, -0.25) is 19.2 Å². The second-order valence-electron chi connectivity index (χ2n) is 11.4. The lowest BCUT2D eigenvalue weighted by molar-refractivity contribution is -0.367. The fourth-order valence-electron chi connectivity index (χ4n) is 5.97. The topological polar surface area (TPSA) is 142 Å². The maximum absolute atomic E-state index is 12.5. The zero-order valence-electron chi connectivity index (χ0n) is 26.0. The van der Waals surface area contributed by atoms with Crippen LogP contribution in [0.1, 0.15) is 68.7 Å². The zero-order chi connectivity index (χ0) is 32.3. The van der Waals surface area contributed by atoms with Gasteiger partial charge in [0.15, 0.2) is 23.7 Å². The molecule has 0 amide bonds. The van der Waals surface area contributed by atoms with E-state index in [2.05, 4.69) is 0 Å². The molecule has 2 aromatic carbocycles. The number of rotatable bonds is 10. The minimum atomic E-state index is -1.86. The van der Waals surface area contributed by atoms with Gasteiger partial charge in [-0.1, -0.05) is 18.2 Å². The number of hydrogen-bond acceptors (Lipinski definition) is 12. The van der Waals surface area contributed by atoms with Crippen molar-refractivity contribution in [2.75, 3.05) is 26.9 Å². The average molecular weight is 627 g/mol. The lowest BCUT2D eigenvalue weighted by Crippen LogP contribution is -2.67. The van der Waals surface area contributed by atoms with Gasteiger partial charge in [-0.2, -0.15) is 0 Å². The van der Waals surface area contributed by atoms with E-state index in [0.717, 1.165) is 29.5 Å². The predicted octanol–water partition coefficient (Wildman–Crippen LogP) is 3.48. The van der Waals surface area contributed by atoms with Crippen LogP contribution >= 0.6 is 0 Å². The minimum Gasteiger partial charge on any atom is -0.486 e. The molecule has 0 N–H and O–H groups in total. The van der Waals surface area contributed by atoms with E-state index in [4.69, 9.17) is 37.9 Å². The number of fused-ring (bicyclic) bond motifs is 1. The highest BCUT2D eigenvalue weighted by atomic mass is 16.7. The van der Waals surface area contributed by atoms with Gasteiger partial charge < -0.3 is 37.9 Å². The van der Waals surface area contributed by atoms with Crippen LogP contribution in [0.15, 0.2) is 36.4 Å². The molecule has 5 rings (SSSR count). The Morgan fingerprint density at radius 2 is 1.47 bits per heavy atom.